The minimum Gasteiger partial charge on any atom is -0.481 e. The van der Waals surface area contributed by atoms with Crippen molar-refractivity contribution >= 4 is 94.0 Å². The highest BCUT2D eigenvalue weighted by Crippen LogP contribution is 2.29. The molecule has 33 nitrogen and oxygen atoms in total. The van der Waals surface area contributed by atoms with E-state index >= 15 is 0 Å². The first-order valence-electron chi connectivity index (χ1n) is 36.8. The smallest absolute Gasteiger partial charge is 0.303 e. The molecule has 14 N–H and O–H groups in total. The van der Waals surface area contributed by atoms with Crippen molar-refractivity contribution in [3.63, 3.8) is 0 Å². The quantitative estimate of drug-likeness (QED) is 0.0339. The van der Waals surface area contributed by atoms with Gasteiger partial charge in [-0.2, -0.15) is 0 Å². The van der Waals surface area contributed by atoms with E-state index in [9.17, 15) is 92.0 Å². The van der Waals surface area contributed by atoms with Crippen LogP contribution in [0.4, 0.5) is 0 Å². The highest BCUT2D eigenvalue weighted by atomic mass is 16.4. The van der Waals surface area contributed by atoms with Crippen molar-refractivity contribution < 1.29 is 92.0 Å². The van der Waals surface area contributed by atoms with Gasteiger partial charge in [-0.3, -0.25) is 92.7 Å². The van der Waals surface area contributed by atoms with E-state index in [1.807, 2.05) is 6.92 Å². The van der Waals surface area contributed by atoms with Gasteiger partial charge in [-0.1, -0.05) is 6.92 Å². The second-order valence-electron chi connectivity index (χ2n) is 31.0. The van der Waals surface area contributed by atoms with Crippen LogP contribution in [0.25, 0.3) is 0 Å². The second kappa shape index (κ2) is 41.0. The summed E-state index contributed by atoms with van der Waals surface area (Å²) < 4.78 is 0. The van der Waals surface area contributed by atoms with Crippen LogP contribution in [0, 0.1) is 11.8 Å². The molecule has 594 valence electrons. The van der Waals surface area contributed by atoms with Crippen molar-refractivity contribution in [2.45, 2.75) is 270 Å². The van der Waals surface area contributed by atoms with Crippen LogP contribution in [0.3, 0.4) is 0 Å². The van der Waals surface area contributed by atoms with Gasteiger partial charge in [0, 0.05) is 125 Å². The Labute approximate surface area is 617 Å². The zero-order chi connectivity index (χ0) is 79.8. The Balaban J connectivity index is 1.98. The molecule has 3 aliphatic rings. The molecule has 3 saturated heterocycles. The summed E-state index contributed by atoms with van der Waals surface area (Å²) in [7, 11) is 0. The molecule has 0 radical (unpaired) electrons. The first kappa shape index (κ1) is 91.6. The molecule has 105 heavy (non-hydrogen) atoms. The SMILES string of the molecule is CCNCCNC(=O)CC(C(=O)NCCNC(C)(C)C(=O)C(CCC(=O)O)NC(C)(C)C(=O)C1CCCN1C(C)=O)C(CC(=O)NCCNC(C)(C)C(=O)C(CCC(=O)O)NC(C)(C)C(=O)C1CCCN1C(C)=O)C(=O)NCCNC(C)(C)C(=O)C(CCC(=O)O)NC(C)(C)C(=O)C1CCCN1C(C)=O. The van der Waals surface area contributed by atoms with E-state index < -0.39 is 172 Å². The molecule has 8 unspecified atom stereocenters. The lowest BCUT2D eigenvalue weighted by Crippen LogP contribution is -2.63. The van der Waals surface area contributed by atoms with Crippen LogP contribution in [0.2, 0.25) is 0 Å². The van der Waals surface area contributed by atoms with Crippen LogP contribution in [0.1, 0.15) is 201 Å². The fraction of sp³-hybridized carbons (Fsp3) is 0.778. The van der Waals surface area contributed by atoms with E-state index in [1.54, 1.807) is 41.5 Å². The van der Waals surface area contributed by atoms with Crippen molar-refractivity contribution in [3.05, 3.63) is 0 Å². The van der Waals surface area contributed by atoms with Crippen molar-refractivity contribution in [2.24, 2.45) is 11.8 Å². The Morgan fingerprint density at radius 3 is 0.876 bits per heavy atom. The number of carboxylic acid groups (broad SMARTS) is 3. The fourth-order valence-electron chi connectivity index (χ4n) is 14.0. The molecule has 0 aromatic heterocycles. The number of aliphatic carboxylic acids is 3. The summed E-state index contributed by atoms with van der Waals surface area (Å²) in [4.78, 5) is 220. The molecule has 0 saturated carbocycles. The molecule has 3 heterocycles. The zero-order valence-corrected chi connectivity index (χ0v) is 64.7. The summed E-state index contributed by atoms with van der Waals surface area (Å²) in [5.41, 5.74) is -8.56. The van der Waals surface area contributed by atoms with Crippen LogP contribution in [0.15, 0.2) is 0 Å². The van der Waals surface area contributed by atoms with Crippen molar-refractivity contribution in [3.8, 4) is 0 Å². The van der Waals surface area contributed by atoms with Crippen molar-refractivity contribution in [1.82, 2.24) is 73.2 Å². The number of hydrogen-bond donors (Lipinski definition) is 14. The van der Waals surface area contributed by atoms with Crippen molar-refractivity contribution in [1.29, 1.82) is 0 Å². The Morgan fingerprint density at radius 2 is 0.629 bits per heavy atom. The van der Waals surface area contributed by atoms with Gasteiger partial charge in [-0.15, -0.1) is 0 Å². The maximum atomic E-state index is 14.8. The van der Waals surface area contributed by atoms with Crippen LogP contribution >= 0.6 is 0 Å². The monoisotopic (exact) mass is 1490 g/mol. The third kappa shape index (κ3) is 28.3. The summed E-state index contributed by atoms with van der Waals surface area (Å²) in [5, 5.41) is 61.6. The van der Waals surface area contributed by atoms with E-state index in [0.717, 1.165) is 0 Å². The number of amides is 7. The van der Waals surface area contributed by atoms with Gasteiger partial charge in [0.05, 0.1) is 81.3 Å². The minimum atomic E-state index is -1.61. The van der Waals surface area contributed by atoms with Crippen LogP contribution in [0.5, 0.6) is 0 Å². The zero-order valence-electron chi connectivity index (χ0n) is 64.7. The predicted molar refractivity (Wildman–Crippen MR) is 388 cm³/mol. The number of nitrogens with one attached hydrogen (secondary N) is 11. The number of likely N-dealkylation sites (N-methyl/N-ethyl adjacent to an activating group) is 1. The third-order valence-electron chi connectivity index (χ3n) is 19.9. The fourth-order valence-corrected chi connectivity index (χ4v) is 14.0. The van der Waals surface area contributed by atoms with Crippen LogP contribution in [-0.2, 0) is 76.7 Å². The summed E-state index contributed by atoms with van der Waals surface area (Å²) in [5.74, 6) is -13.5. The summed E-state index contributed by atoms with van der Waals surface area (Å²) in [6.07, 6.45) is -0.337. The standard InChI is InChI=1S/C72H122N14O19/c1-17-73-30-31-74-54(90)41-46(65(104)76-33-36-79-68(7,8)60(99)49(25-28-57(94)95)82-71(13,14)63(102)52-22-19-39-85(52)44(3)88)47(66(105)77-34-37-80-69(9,10)61(100)50(26-29-58(96)97)83-72(15,16)64(103)53-23-20-40-86(53)45(4)89)42-55(91)75-32-35-78-67(5,6)59(98)48(24-27-56(92)93)81-70(11,12)62(101)51-21-18-38-84(51)43(2)87/h46-53,73,78-83H,17-42H2,1-16H3,(H,74,90)(H,75,91)(H,76,104)(H,77,105)(H,92,93)(H,94,95)(H,96,97). The minimum absolute atomic E-state index is 0.0961. The summed E-state index contributed by atoms with van der Waals surface area (Å²) in [6, 6.07) is -5.86. The van der Waals surface area contributed by atoms with Gasteiger partial charge in [0.15, 0.2) is 34.7 Å². The lowest BCUT2D eigenvalue weighted by molar-refractivity contribution is -0.140. The molecule has 3 fully saturated rings. The van der Waals surface area contributed by atoms with Gasteiger partial charge >= 0.3 is 17.9 Å². The molecule has 0 aliphatic carbocycles. The Bertz CT molecular complexity index is 3130. The number of carboxylic acids is 3. The van der Waals surface area contributed by atoms with Gasteiger partial charge in [0.1, 0.15) is 0 Å². The molecule has 33 heteroatoms. The summed E-state index contributed by atoms with van der Waals surface area (Å²) >= 11 is 0. The normalized spacial score (nSPS) is 18.1. The molecule has 0 aromatic rings. The molecule has 0 spiro atoms. The molecule has 0 bridgehead atoms. The van der Waals surface area contributed by atoms with Crippen LogP contribution in [-0.4, -0.2) is 272 Å². The average molecular weight is 1490 g/mol. The number of nitrogens with zero attached hydrogens (tertiary/aromatic N) is 3. The molecular weight excluding hydrogens is 1360 g/mol. The number of rotatable bonds is 50. The maximum Gasteiger partial charge on any atom is 0.303 e. The van der Waals surface area contributed by atoms with Crippen LogP contribution < -0.4 is 58.5 Å². The largest absolute Gasteiger partial charge is 0.481 e. The highest BCUT2D eigenvalue weighted by Gasteiger charge is 2.48. The molecule has 7 amide bonds. The Kier molecular flexibility index (Phi) is 35.8. The number of likely N-dealkylation sites (tertiary alicyclic amines) is 3. The lowest BCUT2D eigenvalue weighted by atomic mass is 9.84. The Morgan fingerprint density at radius 1 is 0.371 bits per heavy atom. The van der Waals surface area contributed by atoms with E-state index in [4.69, 9.17) is 0 Å². The van der Waals surface area contributed by atoms with Gasteiger partial charge in [0.25, 0.3) is 0 Å². The average Bonchev–Trinajstić information content (AvgIpc) is 1.79. The number of carbonyl (C=O) groups excluding carboxylic acids is 13. The highest BCUT2D eigenvalue weighted by molar-refractivity contribution is 6.00. The first-order chi connectivity index (χ1) is 48.7. The van der Waals surface area contributed by atoms with Gasteiger partial charge < -0.3 is 72.6 Å². The Hall–Kier alpha value is -7.56. The maximum absolute atomic E-state index is 14.8. The number of hydrogen-bond acceptors (Lipinski definition) is 23. The third-order valence-corrected chi connectivity index (χ3v) is 19.9. The number of carbonyl (C=O) groups is 16. The molecule has 3 rings (SSSR count). The van der Waals surface area contributed by atoms with E-state index in [0.29, 0.717) is 71.2 Å². The first-order valence-corrected chi connectivity index (χ1v) is 36.8. The van der Waals surface area contributed by atoms with Gasteiger partial charge in [-0.25, -0.2) is 0 Å². The van der Waals surface area contributed by atoms with Crippen molar-refractivity contribution in [2.75, 3.05) is 78.5 Å². The molecule has 0 aromatic carbocycles. The molecule has 8 atom stereocenters. The number of ketones is 6. The van der Waals surface area contributed by atoms with Gasteiger partial charge in [-0.05, 0) is 147 Å². The lowest BCUT2D eigenvalue weighted by Gasteiger charge is -2.37. The van der Waals surface area contributed by atoms with E-state index in [2.05, 4.69) is 58.5 Å². The predicted octanol–water partition coefficient (Wildman–Crippen LogP) is -0.570. The van der Waals surface area contributed by atoms with E-state index in [1.165, 1.54) is 77.0 Å². The topological polar surface area (TPSA) is 476 Å². The van der Waals surface area contributed by atoms with E-state index in [-0.39, 0.29) is 100 Å². The second-order valence-corrected chi connectivity index (χ2v) is 31.0. The molecule has 3 aliphatic heterocycles. The van der Waals surface area contributed by atoms with Gasteiger partial charge in [0.2, 0.25) is 41.4 Å². The number of Topliss-reactive ketones (excluding diaryl/α,β-unsaturated/α-hetero) is 6. The summed E-state index contributed by atoms with van der Waals surface area (Å²) in [6.45, 7) is 25.5. The molecular formula is C72H122N14O19.